The molecule has 0 heterocycles. The Hall–Kier alpha value is -1.60. The minimum absolute atomic E-state index is 0.0296. The van der Waals surface area contributed by atoms with Crippen molar-refractivity contribution in [2.75, 3.05) is 12.8 Å². The number of hydrogen-bond donors (Lipinski definition) is 2. The zero-order valence-corrected chi connectivity index (χ0v) is 10.6. The molecule has 18 heavy (non-hydrogen) atoms. The van der Waals surface area contributed by atoms with E-state index in [1.807, 2.05) is 0 Å². The number of aromatic carboxylic acids is 1. The van der Waals surface area contributed by atoms with E-state index in [1.54, 1.807) is 0 Å². The van der Waals surface area contributed by atoms with Crippen LogP contribution in [0.1, 0.15) is 23.2 Å². The summed E-state index contributed by atoms with van der Waals surface area (Å²) in [5.41, 5.74) is 5.51. The van der Waals surface area contributed by atoms with Crippen molar-refractivity contribution in [1.29, 1.82) is 0 Å². The first-order valence-electron chi connectivity index (χ1n) is 5.45. The number of sulfonamides is 1. The van der Waals surface area contributed by atoms with E-state index in [0.717, 1.165) is 12.8 Å². The van der Waals surface area contributed by atoms with E-state index in [0.29, 0.717) is 0 Å². The van der Waals surface area contributed by atoms with E-state index in [1.165, 1.54) is 29.6 Å². The maximum absolute atomic E-state index is 12.3. The van der Waals surface area contributed by atoms with Crippen molar-refractivity contribution in [2.24, 2.45) is 0 Å². The van der Waals surface area contributed by atoms with Gasteiger partial charge in [0, 0.05) is 18.8 Å². The highest BCUT2D eigenvalue weighted by Crippen LogP contribution is 2.32. The Balaban J connectivity index is 2.55. The van der Waals surface area contributed by atoms with Crippen LogP contribution in [0.5, 0.6) is 0 Å². The van der Waals surface area contributed by atoms with Crippen LogP contribution in [0.3, 0.4) is 0 Å². The van der Waals surface area contributed by atoms with Crippen LogP contribution in [-0.2, 0) is 10.0 Å². The zero-order chi connectivity index (χ0) is 13.5. The van der Waals surface area contributed by atoms with Crippen LogP contribution in [0.4, 0.5) is 5.69 Å². The third-order valence-corrected chi connectivity index (χ3v) is 4.90. The Labute approximate surface area is 105 Å². The fourth-order valence-electron chi connectivity index (χ4n) is 1.72. The van der Waals surface area contributed by atoms with E-state index in [4.69, 9.17) is 10.8 Å². The van der Waals surface area contributed by atoms with E-state index in [-0.39, 0.29) is 22.2 Å². The lowest BCUT2D eigenvalue weighted by Gasteiger charge is -2.18. The first-order chi connectivity index (χ1) is 8.34. The van der Waals surface area contributed by atoms with Gasteiger partial charge in [0.2, 0.25) is 10.0 Å². The highest BCUT2D eigenvalue weighted by molar-refractivity contribution is 7.89. The highest BCUT2D eigenvalue weighted by Gasteiger charge is 2.36. The molecule has 1 aromatic carbocycles. The topological polar surface area (TPSA) is 101 Å². The van der Waals surface area contributed by atoms with E-state index >= 15 is 0 Å². The molecule has 0 aromatic heterocycles. The van der Waals surface area contributed by atoms with Gasteiger partial charge < -0.3 is 10.8 Å². The van der Waals surface area contributed by atoms with Gasteiger partial charge in [-0.1, -0.05) is 0 Å². The molecular formula is C11H14N2O4S. The van der Waals surface area contributed by atoms with E-state index in [2.05, 4.69) is 0 Å². The van der Waals surface area contributed by atoms with Crippen LogP contribution in [0.15, 0.2) is 23.1 Å². The molecule has 1 aromatic rings. The Morgan fingerprint density at radius 2 is 2.06 bits per heavy atom. The normalized spacial score (nSPS) is 15.9. The number of carboxylic acid groups (broad SMARTS) is 1. The molecule has 7 heteroatoms. The maximum atomic E-state index is 12.3. The molecule has 98 valence electrons. The molecule has 3 N–H and O–H groups in total. The first-order valence-corrected chi connectivity index (χ1v) is 6.89. The highest BCUT2D eigenvalue weighted by atomic mass is 32.2. The van der Waals surface area contributed by atoms with Crippen molar-refractivity contribution in [2.45, 2.75) is 23.8 Å². The quantitative estimate of drug-likeness (QED) is 0.786. The first kappa shape index (κ1) is 12.8. The minimum atomic E-state index is -3.80. The number of carbonyl (C=O) groups is 1. The standard InChI is InChI=1S/C11H14N2O4S/c1-13(8-3-4-8)18(16,17)10-6-7(12)2-5-9(10)11(14)15/h2,5-6,8H,3-4,12H2,1H3,(H,14,15). The number of nitrogen functional groups attached to an aromatic ring is 1. The number of nitrogens with zero attached hydrogens (tertiary/aromatic N) is 1. The lowest BCUT2D eigenvalue weighted by Crippen LogP contribution is -2.30. The van der Waals surface area contributed by atoms with Gasteiger partial charge in [0.25, 0.3) is 0 Å². The zero-order valence-electron chi connectivity index (χ0n) is 9.83. The van der Waals surface area contributed by atoms with Gasteiger partial charge in [0.1, 0.15) is 0 Å². The average molecular weight is 270 g/mol. The minimum Gasteiger partial charge on any atom is -0.478 e. The van der Waals surface area contributed by atoms with E-state index < -0.39 is 16.0 Å². The second-order valence-electron chi connectivity index (χ2n) is 4.31. The molecular weight excluding hydrogens is 256 g/mol. The van der Waals surface area contributed by atoms with Crippen molar-refractivity contribution in [3.05, 3.63) is 23.8 Å². The summed E-state index contributed by atoms with van der Waals surface area (Å²) in [5, 5.41) is 9.03. The lowest BCUT2D eigenvalue weighted by atomic mass is 10.2. The summed E-state index contributed by atoms with van der Waals surface area (Å²) in [6, 6.07) is 3.75. The number of nitrogens with two attached hydrogens (primary N) is 1. The Bertz CT molecular complexity index is 593. The average Bonchev–Trinajstić information content (AvgIpc) is 3.11. The molecule has 1 fully saturated rings. The largest absolute Gasteiger partial charge is 0.478 e. The number of rotatable bonds is 4. The second kappa shape index (κ2) is 4.25. The molecule has 0 saturated heterocycles. The smallest absolute Gasteiger partial charge is 0.337 e. The van der Waals surface area contributed by atoms with Crippen molar-refractivity contribution < 1.29 is 18.3 Å². The number of hydrogen-bond acceptors (Lipinski definition) is 4. The Kier molecular flexibility index (Phi) is 3.04. The van der Waals surface area contributed by atoms with Crippen molar-refractivity contribution in [3.63, 3.8) is 0 Å². The molecule has 0 aliphatic heterocycles. The summed E-state index contributed by atoms with van der Waals surface area (Å²) in [7, 11) is -2.34. The van der Waals surface area contributed by atoms with Crippen LogP contribution < -0.4 is 5.73 Å². The Morgan fingerprint density at radius 1 is 1.44 bits per heavy atom. The molecule has 0 amide bonds. The van der Waals surface area contributed by atoms with Crippen molar-refractivity contribution in [1.82, 2.24) is 4.31 Å². The van der Waals surface area contributed by atoms with Crippen molar-refractivity contribution >= 4 is 21.7 Å². The molecule has 1 saturated carbocycles. The molecule has 0 atom stereocenters. The number of benzene rings is 1. The van der Waals surface area contributed by atoms with Crippen LogP contribution >= 0.6 is 0 Å². The van der Waals surface area contributed by atoms with E-state index in [9.17, 15) is 13.2 Å². The maximum Gasteiger partial charge on any atom is 0.337 e. The second-order valence-corrected chi connectivity index (χ2v) is 6.28. The van der Waals surface area contributed by atoms with Crippen molar-refractivity contribution in [3.8, 4) is 0 Å². The third-order valence-electron chi connectivity index (χ3n) is 2.95. The van der Waals surface area contributed by atoms with Crippen LogP contribution in [0, 0.1) is 0 Å². The summed E-state index contributed by atoms with van der Waals surface area (Å²) >= 11 is 0. The van der Waals surface area contributed by atoms with Gasteiger partial charge in [0.05, 0.1) is 10.5 Å². The van der Waals surface area contributed by atoms with Gasteiger partial charge in [0.15, 0.2) is 0 Å². The fraction of sp³-hybridized carbons (Fsp3) is 0.364. The third kappa shape index (κ3) is 2.19. The summed E-state index contributed by atoms with van der Waals surface area (Å²) < 4.78 is 25.8. The van der Waals surface area contributed by atoms with Crippen LogP contribution in [0.2, 0.25) is 0 Å². The summed E-state index contributed by atoms with van der Waals surface area (Å²) in [6.45, 7) is 0. The predicted molar refractivity (Wildman–Crippen MR) is 65.8 cm³/mol. The van der Waals surface area contributed by atoms with Gasteiger partial charge in [-0.05, 0) is 31.0 Å². The molecule has 0 radical (unpaired) electrons. The predicted octanol–water partition coefficient (Wildman–Crippen LogP) is 0.750. The molecule has 2 rings (SSSR count). The SMILES string of the molecule is CN(C1CC1)S(=O)(=O)c1cc(N)ccc1C(=O)O. The molecule has 0 unspecified atom stereocenters. The fourth-order valence-corrected chi connectivity index (χ4v) is 3.35. The molecule has 0 spiro atoms. The molecule has 0 bridgehead atoms. The van der Waals surface area contributed by atoms with Gasteiger partial charge in [-0.2, -0.15) is 4.31 Å². The van der Waals surface area contributed by atoms with Crippen LogP contribution in [-0.4, -0.2) is 36.9 Å². The van der Waals surface area contributed by atoms with Crippen LogP contribution in [0.25, 0.3) is 0 Å². The molecule has 1 aliphatic rings. The molecule has 6 nitrogen and oxygen atoms in total. The van der Waals surface area contributed by atoms with Gasteiger partial charge in [-0.25, -0.2) is 13.2 Å². The van der Waals surface area contributed by atoms with Gasteiger partial charge in [-0.3, -0.25) is 0 Å². The monoisotopic (exact) mass is 270 g/mol. The Morgan fingerprint density at radius 3 is 2.56 bits per heavy atom. The summed E-state index contributed by atoms with van der Waals surface area (Å²) in [6.07, 6.45) is 1.61. The number of carboxylic acids is 1. The molecule has 1 aliphatic carbocycles. The summed E-state index contributed by atoms with van der Waals surface area (Å²) in [4.78, 5) is 10.8. The number of anilines is 1. The lowest BCUT2D eigenvalue weighted by molar-refractivity contribution is 0.0692. The summed E-state index contributed by atoms with van der Waals surface area (Å²) in [5.74, 6) is -1.28. The van der Waals surface area contributed by atoms with Gasteiger partial charge >= 0.3 is 5.97 Å². The van der Waals surface area contributed by atoms with Gasteiger partial charge in [-0.15, -0.1) is 0 Å².